The van der Waals surface area contributed by atoms with E-state index in [1.165, 1.54) is 0 Å². The first kappa shape index (κ1) is 16.3. The first-order valence-corrected chi connectivity index (χ1v) is 2.06. The molecule has 5 N–H and O–H groups in total. The van der Waals surface area contributed by atoms with Gasteiger partial charge < -0.3 is 16.4 Å². The average molecular weight is 201 g/mol. The van der Waals surface area contributed by atoms with E-state index in [1.807, 2.05) is 0 Å². The van der Waals surface area contributed by atoms with Crippen molar-refractivity contribution in [3.63, 3.8) is 0 Å². The summed E-state index contributed by atoms with van der Waals surface area (Å²) in [5.74, 6) is -2.15. The van der Waals surface area contributed by atoms with Crippen molar-refractivity contribution in [3.8, 4) is 0 Å². The third-order valence-corrected chi connectivity index (χ3v) is 0.553. The van der Waals surface area contributed by atoms with Crippen LogP contribution in [0, 0.1) is 0 Å². The summed E-state index contributed by atoms with van der Waals surface area (Å²) in [4.78, 5) is 19.3. The monoisotopic (exact) mass is 199 g/mol. The summed E-state index contributed by atoms with van der Waals surface area (Å²) in [7, 11) is 0. The molecule has 0 atom stereocenters. The molecule has 0 heterocycles. The van der Waals surface area contributed by atoms with E-state index in [4.69, 9.17) is 10.2 Å². The van der Waals surface area contributed by atoms with E-state index < -0.39 is 11.9 Å². The molecule has 0 spiro atoms. The van der Waals surface area contributed by atoms with Crippen molar-refractivity contribution in [3.05, 3.63) is 0 Å². The molecule has 0 aromatic rings. The molecule has 0 unspecified atom stereocenters. The van der Waals surface area contributed by atoms with Gasteiger partial charge in [0.25, 0.3) is 0 Å². The first-order valence-electron chi connectivity index (χ1n) is 2.06. The summed E-state index contributed by atoms with van der Waals surface area (Å²) in [5.41, 5.74) is 0. The number of carboxylic acid groups (broad SMARTS) is 2. The van der Waals surface area contributed by atoms with Gasteiger partial charge in [0.2, 0.25) is 0 Å². The van der Waals surface area contributed by atoms with Crippen LogP contribution in [0.2, 0.25) is 0 Å². The molecule has 0 aliphatic rings. The second-order valence-electron chi connectivity index (χ2n) is 1.29. The van der Waals surface area contributed by atoms with Gasteiger partial charge in [-0.15, -0.1) is 0 Å². The van der Waals surface area contributed by atoms with Crippen LogP contribution >= 0.6 is 0 Å². The van der Waals surface area contributed by atoms with Crippen LogP contribution in [0.15, 0.2) is 0 Å². The maximum Gasteiger partial charge on any atom is 0.303 e. The van der Waals surface area contributed by atoms with Crippen molar-refractivity contribution in [1.82, 2.24) is 6.15 Å². The van der Waals surface area contributed by atoms with Crippen LogP contribution in [0.3, 0.4) is 0 Å². The molecule has 0 rings (SSSR count). The van der Waals surface area contributed by atoms with Gasteiger partial charge in [-0.05, 0) is 0 Å². The number of aliphatic carboxylic acids is 2. The van der Waals surface area contributed by atoms with Crippen molar-refractivity contribution >= 4 is 11.9 Å². The van der Waals surface area contributed by atoms with Gasteiger partial charge in [0.15, 0.2) is 0 Å². The molecule has 0 bridgehead atoms. The topological polar surface area (TPSA) is 110 Å². The summed E-state index contributed by atoms with van der Waals surface area (Å²) >= 11 is 0. The van der Waals surface area contributed by atoms with Gasteiger partial charge in [-0.2, -0.15) is 0 Å². The van der Waals surface area contributed by atoms with Gasteiger partial charge in [0.1, 0.15) is 0 Å². The van der Waals surface area contributed by atoms with E-state index in [-0.39, 0.29) is 38.5 Å². The molecule has 0 aliphatic heterocycles. The van der Waals surface area contributed by atoms with Crippen LogP contribution in [-0.4, -0.2) is 22.2 Å². The number of carbonyl (C=O) groups is 2. The zero-order valence-electron chi connectivity index (χ0n) is 5.54. The van der Waals surface area contributed by atoms with Crippen LogP contribution in [0.5, 0.6) is 0 Å². The predicted molar refractivity (Wildman–Crippen MR) is 29.5 cm³/mol. The summed E-state index contributed by atoms with van der Waals surface area (Å²) in [6.45, 7) is 0. The number of hydrogen-bond acceptors (Lipinski definition) is 3. The fourth-order valence-corrected chi connectivity index (χ4v) is 0.214. The van der Waals surface area contributed by atoms with Gasteiger partial charge in [-0.3, -0.25) is 9.59 Å². The van der Waals surface area contributed by atoms with Gasteiger partial charge >= 0.3 is 11.9 Å². The van der Waals surface area contributed by atoms with Gasteiger partial charge in [-0.1, -0.05) is 0 Å². The quantitative estimate of drug-likeness (QED) is 0.560. The Morgan fingerprint density at radius 3 is 1.30 bits per heavy atom. The second kappa shape index (κ2) is 8.52. The smallest absolute Gasteiger partial charge is 0.303 e. The van der Waals surface area contributed by atoms with Crippen molar-refractivity contribution < 1.29 is 39.3 Å². The van der Waals surface area contributed by atoms with Crippen LogP contribution < -0.4 is 6.15 Å². The fourth-order valence-electron chi connectivity index (χ4n) is 0.214. The first-order chi connectivity index (χ1) is 3.63. The maximum atomic E-state index is 9.64. The largest absolute Gasteiger partial charge is 0.481 e. The number of carboxylic acids is 2. The molecule has 5 nitrogen and oxygen atoms in total. The van der Waals surface area contributed by atoms with Crippen LogP contribution in [-0.2, 0) is 29.1 Å². The zero-order chi connectivity index (χ0) is 6.57. The third-order valence-electron chi connectivity index (χ3n) is 0.553. The van der Waals surface area contributed by atoms with Crippen molar-refractivity contribution in [2.24, 2.45) is 0 Å². The molecule has 10 heavy (non-hydrogen) atoms. The SMILES string of the molecule is N.O=C(O)CCC(=O)O.[Zn]. The molecular weight excluding hydrogens is 191 g/mol. The minimum absolute atomic E-state index is 0. The molecular formula is C4H9NO4Zn. The Balaban J connectivity index is -0.000000245. The molecule has 56 valence electrons. The minimum atomic E-state index is -1.08. The van der Waals surface area contributed by atoms with Gasteiger partial charge in [0, 0.05) is 19.5 Å². The Kier molecular flexibility index (Phi) is 13.9. The zero-order valence-corrected chi connectivity index (χ0v) is 8.51. The normalized spacial score (nSPS) is 6.80. The Hall–Kier alpha value is -0.477. The van der Waals surface area contributed by atoms with E-state index in [9.17, 15) is 9.59 Å². The Morgan fingerprint density at radius 1 is 1.00 bits per heavy atom. The summed E-state index contributed by atoms with van der Waals surface area (Å²) < 4.78 is 0. The van der Waals surface area contributed by atoms with Crippen LogP contribution in [0.4, 0.5) is 0 Å². The second-order valence-corrected chi connectivity index (χ2v) is 1.29. The van der Waals surface area contributed by atoms with E-state index in [1.54, 1.807) is 0 Å². The molecule has 0 aromatic carbocycles. The molecule has 0 aromatic heterocycles. The summed E-state index contributed by atoms with van der Waals surface area (Å²) in [6.07, 6.45) is -0.593. The van der Waals surface area contributed by atoms with Crippen molar-refractivity contribution in [2.45, 2.75) is 12.8 Å². The predicted octanol–water partition coefficient (Wildman–Crippen LogP) is 0.0953. The minimum Gasteiger partial charge on any atom is -0.481 e. The van der Waals surface area contributed by atoms with Crippen LogP contribution in [0.1, 0.15) is 12.8 Å². The maximum absolute atomic E-state index is 9.64. The van der Waals surface area contributed by atoms with Crippen molar-refractivity contribution in [1.29, 1.82) is 0 Å². The number of hydrogen-bond donors (Lipinski definition) is 3. The Bertz CT molecular complexity index is 102. The standard InChI is InChI=1S/C4H6O4.H3N.Zn/c5-3(6)1-2-4(7)8;;/h1-2H2,(H,5,6)(H,7,8);1H3;. The van der Waals surface area contributed by atoms with Gasteiger partial charge in [0.05, 0.1) is 12.8 Å². The van der Waals surface area contributed by atoms with E-state index in [0.717, 1.165) is 0 Å². The average Bonchev–Trinajstić information content (AvgIpc) is 1.61. The molecule has 0 fully saturated rings. The molecule has 0 radical (unpaired) electrons. The Morgan fingerprint density at radius 2 is 1.20 bits per heavy atom. The van der Waals surface area contributed by atoms with E-state index in [0.29, 0.717) is 0 Å². The van der Waals surface area contributed by atoms with E-state index >= 15 is 0 Å². The third kappa shape index (κ3) is 15.6. The summed E-state index contributed by atoms with van der Waals surface area (Å²) in [5, 5.41) is 15.8. The Labute approximate surface area is 70.8 Å². The summed E-state index contributed by atoms with van der Waals surface area (Å²) in [6, 6.07) is 0. The molecule has 6 heteroatoms. The molecule has 0 aliphatic carbocycles. The van der Waals surface area contributed by atoms with Crippen LogP contribution in [0.25, 0.3) is 0 Å². The molecule has 0 saturated heterocycles. The van der Waals surface area contributed by atoms with Gasteiger partial charge in [-0.25, -0.2) is 0 Å². The van der Waals surface area contributed by atoms with Crippen molar-refractivity contribution in [2.75, 3.05) is 0 Å². The number of rotatable bonds is 3. The fraction of sp³-hybridized carbons (Fsp3) is 0.500. The van der Waals surface area contributed by atoms with E-state index in [2.05, 4.69) is 0 Å². The molecule has 0 saturated carbocycles. The molecule has 0 amide bonds.